The molecule has 0 aromatic carbocycles. The first-order valence-electron chi connectivity index (χ1n) is 12.1. The second-order valence-electron chi connectivity index (χ2n) is 9.78. The standard InChI is InChI=1S/C26H42N2O3S/c1-16-8-7-9-17(2)25(30)20(5)26(31)18(3)11-13-24(29)28-23(12-10-16)19(4)14-22-15-32-21(6)27-22/h10,14-15,17-18,20-21,23,25,27,30H,7-9,11-13H2,1-6H3,(H,28,29)/b16-10-,19-14+/t17-,18?,20+,21?,23?,25?/m0/s1. The number of aliphatic hydroxyl groups is 1. The maximum absolute atomic E-state index is 12.8. The van der Waals surface area contributed by atoms with Gasteiger partial charge in [0.25, 0.3) is 0 Å². The molecule has 2 aliphatic rings. The lowest BCUT2D eigenvalue weighted by Gasteiger charge is -2.26. The number of aliphatic hydroxyl groups excluding tert-OH is 1. The number of amides is 1. The summed E-state index contributed by atoms with van der Waals surface area (Å²) in [7, 11) is 0. The third-order valence-corrected chi connectivity index (χ3v) is 7.72. The highest BCUT2D eigenvalue weighted by molar-refractivity contribution is 8.02. The van der Waals surface area contributed by atoms with Crippen molar-refractivity contribution in [3.63, 3.8) is 0 Å². The van der Waals surface area contributed by atoms with Crippen molar-refractivity contribution in [1.82, 2.24) is 10.6 Å². The summed E-state index contributed by atoms with van der Waals surface area (Å²) in [6.07, 6.45) is 8.12. The maximum Gasteiger partial charge on any atom is 0.220 e. The second kappa shape index (κ2) is 12.6. The van der Waals surface area contributed by atoms with E-state index in [0.717, 1.165) is 37.0 Å². The van der Waals surface area contributed by atoms with Crippen LogP contribution in [0.5, 0.6) is 0 Å². The minimum absolute atomic E-state index is 0.0294. The van der Waals surface area contributed by atoms with Crippen molar-refractivity contribution >= 4 is 23.5 Å². The number of nitrogens with one attached hydrogen (secondary N) is 2. The molecule has 0 aliphatic carbocycles. The molecule has 0 spiro atoms. The van der Waals surface area contributed by atoms with E-state index >= 15 is 0 Å². The highest BCUT2D eigenvalue weighted by Gasteiger charge is 2.30. The Morgan fingerprint density at radius 1 is 1.12 bits per heavy atom. The number of carbonyl (C=O) groups excluding carboxylic acids is 2. The minimum Gasteiger partial charge on any atom is -0.392 e. The molecule has 3 N–H and O–H groups in total. The summed E-state index contributed by atoms with van der Waals surface area (Å²) >= 11 is 1.76. The van der Waals surface area contributed by atoms with Crippen LogP contribution in [-0.4, -0.2) is 34.3 Å². The summed E-state index contributed by atoms with van der Waals surface area (Å²) in [4.78, 5) is 25.6. The van der Waals surface area contributed by atoms with Crippen molar-refractivity contribution in [2.75, 3.05) is 0 Å². The van der Waals surface area contributed by atoms with E-state index in [1.54, 1.807) is 11.8 Å². The fourth-order valence-electron chi connectivity index (χ4n) is 4.42. The summed E-state index contributed by atoms with van der Waals surface area (Å²) in [5, 5.41) is 19.8. The van der Waals surface area contributed by atoms with E-state index < -0.39 is 12.0 Å². The summed E-state index contributed by atoms with van der Waals surface area (Å²) in [5.74, 6) is -0.542. The van der Waals surface area contributed by atoms with Crippen LogP contribution in [0, 0.1) is 17.8 Å². The van der Waals surface area contributed by atoms with Crippen molar-refractivity contribution < 1.29 is 14.7 Å². The lowest BCUT2D eigenvalue weighted by Crippen LogP contribution is -2.37. The molecule has 0 fully saturated rings. The van der Waals surface area contributed by atoms with E-state index in [4.69, 9.17) is 0 Å². The molecule has 1 amide bonds. The topological polar surface area (TPSA) is 78.4 Å². The molecule has 32 heavy (non-hydrogen) atoms. The third kappa shape index (κ3) is 8.11. The minimum atomic E-state index is -0.632. The van der Waals surface area contributed by atoms with E-state index in [9.17, 15) is 14.7 Å². The summed E-state index contributed by atoms with van der Waals surface area (Å²) < 4.78 is 0. The molecule has 6 heteroatoms. The van der Waals surface area contributed by atoms with Gasteiger partial charge in [-0.05, 0) is 75.9 Å². The molecule has 2 heterocycles. The van der Waals surface area contributed by atoms with Gasteiger partial charge in [0, 0.05) is 24.0 Å². The molecule has 0 bridgehead atoms. The Hall–Kier alpha value is -1.53. The first-order chi connectivity index (χ1) is 15.1. The normalized spacial score (nSPS) is 36.0. The fourth-order valence-corrected chi connectivity index (χ4v) is 5.11. The number of hydrogen-bond donors (Lipinski definition) is 3. The molecule has 0 saturated heterocycles. The molecule has 0 aromatic rings. The lowest BCUT2D eigenvalue weighted by atomic mass is 9.82. The largest absolute Gasteiger partial charge is 0.392 e. The quantitative estimate of drug-likeness (QED) is 0.499. The SMILES string of the molecule is C/C1=C/CC(/C(C)=C/C2=CSC(C)N2)NC(=O)CCC(C)C(=O)[C@H](C)C(O)[C@@H](C)CCC1. The van der Waals surface area contributed by atoms with Gasteiger partial charge in [-0.3, -0.25) is 9.59 Å². The Bertz CT molecular complexity index is 758. The van der Waals surface area contributed by atoms with Crippen molar-refractivity contribution in [2.24, 2.45) is 17.8 Å². The zero-order valence-electron chi connectivity index (χ0n) is 20.6. The molecular weight excluding hydrogens is 420 g/mol. The van der Waals surface area contributed by atoms with Crippen LogP contribution in [0.25, 0.3) is 0 Å². The molecule has 0 saturated carbocycles. The Morgan fingerprint density at radius 3 is 2.50 bits per heavy atom. The molecule has 0 aromatic heterocycles. The zero-order valence-corrected chi connectivity index (χ0v) is 21.4. The van der Waals surface area contributed by atoms with Gasteiger partial charge < -0.3 is 15.7 Å². The maximum atomic E-state index is 12.8. The molecule has 0 radical (unpaired) electrons. The van der Waals surface area contributed by atoms with Crippen LogP contribution in [0.4, 0.5) is 0 Å². The van der Waals surface area contributed by atoms with Gasteiger partial charge in [-0.15, -0.1) is 11.8 Å². The predicted molar refractivity (Wildman–Crippen MR) is 134 cm³/mol. The molecular formula is C26H42N2O3S. The first-order valence-corrected chi connectivity index (χ1v) is 13.0. The number of ketones is 1. The van der Waals surface area contributed by atoms with Crippen molar-refractivity contribution in [3.05, 3.63) is 34.4 Å². The van der Waals surface area contributed by atoms with E-state index in [-0.39, 0.29) is 29.6 Å². The number of thioether (sulfide) groups is 1. The van der Waals surface area contributed by atoms with Gasteiger partial charge in [0.2, 0.25) is 5.91 Å². The molecule has 180 valence electrons. The Kier molecular flexibility index (Phi) is 10.6. The van der Waals surface area contributed by atoms with Gasteiger partial charge in [-0.25, -0.2) is 0 Å². The van der Waals surface area contributed by atoms with Gasteiger partial charge in [0.1, 0.15) is 5.78 Å². The second-order valence-corrected chi connectivity index (χ2v) is 11.0. The van der Waals surface area contributed by atoms with Crippen molar-refractivity contribution in [1.29, 1.82) is 0 Å². The highest BCUT2D eigenvalue weighted by Crippen LogP contribution is 2.25. The number of Topliss-reactive ketones (excluding diaryl/α,β-unsaturated/α-hetero) is 1. The Labute approximate surface area is 198 Å². The van der Waals surface area contributed by atoms with Crippen LogP contribution < -0.4 is 10.6 Å². The van der Waals surface area contributed by atoms with Crippen molar-refractivity contribution in [3.8, 4) is 0 Å². The van der Waals surface area contributed by atoms with Gasteiger partial charge >= 0.3 is 0 Å². The lowest BCUT2D eigenvalue weighted by molar-refractivity contribution is -0.131. The number of rotatable bonds is 2. The summed E-state index contributed by atoms with van der Waals surface area (Å²) in [6.45, 7) is 12.1. The first kappa shape index (κ1) is 26.7. The molecule has 4 unspecified atom stereocenters. The van der Waals surface area contributed by atoms with Gasteiger partial charge in [-0.1, -0.05) is 32.4 Å². The van der Waals surface area contributed by atoms with Gasteiger partial charge in [-0.2, -0.15) is 0 Å². The molecule has 2 aliphatic heterocycles. The van der Waals surface area contributed by atoms with Crippen LogP contribution in [0.2, 0.25) is 0 Å². The van der Waals surface area contributed by atoms with Crippen LogP contribution in [0.1, 0.15) is 80.1 Å². The molecule has 2 rings (SSSR count). The monoisotopic (exact) mass is 462 g/mol. The number of hydrogen-bond acceptors (Lipinski definition) is 5. The molecule has 6 atom stereocenters. The van der Waals surface area contributed by atoms with Crippen LogP contribution >= 0.6 is 11.8 Å². The fraction of sp³-hybridized carbons (Fsp3) is 0.692. The smallest absolute Gasteiger partial charge is 0.220 e. The Morgan fingerprint density at radius 2 is 1.84 bits per heavy atom. The predicted octanol–water partition coefficient (Wildman–Crippen LogP) is 5.08. The Balaban J connectivity index is 2.18. The van der Waals surface area contributed by atoms with Crippen molar-refractivity contribution in [2.45, 2.75) is 97.6 Å². The van der Waals surface area contributed by atoms with Crippen LogP contribution in [-0.2, 0) is 9.59 Å². The van der Waals surface area contributed by atoms with Crippen LogP contribution in [0.3, 0.4) is 0 Å². The highest BCUT2D eigenvalue weighted by atomic mass is 32.2. The average Bonchev–Trinajstić information content (AvgIpc) is 3.16. The van der Waals surface area contributed by atoms with E-state index in [1.165, 1.54) is 5.57 Å². The number of carbonyl (C=O) groups is 2. The number of allylic oxidation sites excluding steroid dienone is 2. The van der Waals surface area contributed by atoms with E-state index in [1.807, 2.05) is 20.8 Å². The van der Waals surface area contributed by atoms with E-state index in [2.05, 4.69) is 49.0 Å². The summed E-state index contributed by atoms with van der Waals surface area (Å²) in [5.41, 5.74) is 3.50. The third-order valence-electron chi connectivity index (χ3n) is 6.80. The molecule has 5 nitrogen and oxygen atoms in total. The van der Waals surface area contributed by atoms with Gasteiger partial charge in [0.15, 0.2) is 0 Å². The van der Waals surface area contributed by atoms with Gasteiger partial charge in [0.05, 0.1) is 17.5 Å². The average molecular weight is 463 g/mol. The van der Waals surface area contributed by atoms with E-state index in [0.29, 0.717) is 18.2 Å². The zero-order chi connectivity index (χ0) is 23.8. The summed E-state index contributed by atoms with van der Waals surface area (Å²) in [6, 6.07) is -0.0698. The van der Waals surface area contributed by atoms with Crippen LogP contribution in [0.15, 0.2) is 34.4 Å².